The summed E-state index contributed by atoms with van der Waals surface area (Å²) in [5.74, 6) is 1.24. The van der Waals surface area contributed by atoms with Gasteiger partial charge in [-0.15, -0.1) is 0 Å². The van der Waals surface area contributed by atoms with E-state index in [2.05, 4.69) is 26.6 Å². The fraction of sp³-hybridized carbons (Fsp3) is 0.500. The molecule has 0 aromatic heterocycles. The van der Waals surface area contributed by atoms with E-state index < -0.39 is 0 Å². The quantitative estimate of drug-likeness (QED) is 0.891. The molecule has 1 aliphatic heterocycles. The lowest BCUT2D eigenvalue weighted by Gasteiger charge is -2.22. The van der Waals surface area contributed by atoms with E-state index in [-0.39, 0.29) is 5.91 Å². The lowest BCUT2D eigenvalue weighted by atomic mass is 10.00. The Bertz CT molecular complexity index is 445. The molecule has 1 atom stereocenters. The Balaban J connectivity index is 1.90. The maximum Gasteiger partial charge on any atom is 0.251 e. The van der Waals surface area contributed by atoms with Gasteiger partial charge in [-0.25, -0.2) is 0 Å². The molecule has 0 bridgehead atoms. The van der Waals surface area contributed by atoms with E-state index in [1.165, 1.54) is 12.8 Å². The monoisotopic (exact) mass is 326 g/mol. The number of benzene rings is 1. The van der Waals surface area contributed by atoms with E-state index in [4.69, 9.17) is 4.74 Å². The van der Waals surface area contributed by atoms with Crippen molar-refractivity contribution in [1.82, 2.24) is 10.6 Å². The Hall–Kier alpha value is -1.07. The minimum absolute atomic E-state index is 0.0334. The molecule has 0 aliphatic carbocycles. The maximum atomic E-state index is 12.0. The molecule has 4 nitrogen and oxygen atoms in total. The number of halogens is 1. The van der Waals surface area contributed by atoms with E-state index in [0.29, 0.717) is 11.5 Å². The van der Waals surface area contributed by atoms with Gasteiger partial charge in [0.25, 0.3) is 5.91 Å². The van der Waals surface area contributed by atoms with Gasteiger partial charge < -0.3 is 15.4 Å². The molecule has 1 fully saturated rings. The normalized spacial score (nSPS) is 18.9. The van der Waals surface area contributed by atoms with Crippen LogP contribution in [-0.4, -0.2) is 32.7 Å². The maximum absolute atomic E-state index is 12.0. The number of rotatable bonds is 4. The number of carbonyl (C=O) groups is 1. The zero-order valence-electron chi connectivity index (χ0n) is 11.0. The molecular weight excluding hydrogens is 308 g/mol. The van der Waals surface area contributed by atoms with Crippen LogP contribution in [-0.2, 0) is 0 Å². The predicted octanol–water partition coefficient (Wildman–Crippen LogP) is 2.19. The molecule has 1 aliphatic rings. The zero-order valence-corrected chi connectivity index (χ0v) is 12.6. The summed E-state index contributed by atoms with van der Waals surface area (Å²) in [6.45, 7) is 2.82. The van der Waals surface area contributed by atoms with E-state index in [0.717, 1.165) is 29.9 Å². The Morgan fingerprint density at radius 1 is 1.58 bits per heavy atom. The van der Waals surface area contributed by atoms with Crippen LogP contribution in [0.1, 0.15) is 23.2 Å². The third-order valence-corrected chi connectivity index (χ3v) is 3.98. The fourth-order valence-corrected chi connectivity index (χ4v) is 2.79. The van der Waals surface area contributed by atoms with E-state index in [1.54, 1.807) is 25.3 Å². The molecule has 5 heteroatoms. The van der Waals surface area contributed by atoms with Crippen molar-refractivity contribution < 1.29 is 9.53 Å². The summed E-state index contributed by atoms with van der Waals surface area (Å²) in [6.07, 6.45) is 2.37. The molecule has 0 spiro atoms. The van der Waals surface area contributed by atoms with Gasteiger partial charge in [0.05, 0.1) is 11.6 Å². The molecule has 19 heavy (non-hydrogen) atoms. The summed E-state index contributed by atoms with van der Waals surface area (Å²) in [7, 11) is 1.61. The molecule has 2 rings (SSSR count). The van der Waals surface area contributed by atoms with Crippen LogP contribution < -0.4 is 15.4 Å². The van der Waals surface area contributed by atoms with Gasteiger partial charge in [-0.05, 0) is 66.0 Å². The molecule has 104 valence electrons. The van der Waals surface area contributed by atoms with E-state index in [9.17, 15) is 4.79 Å². The van der Waals surface area contributed by atoms with Crippen LogP contribution in [0, 0.1) is 5.92 Å². The molecular formula is C14H19BrN2O2. The highest BCUT2D eigenvalue weighted by molar-refractivity contribution is 9.10. The number of ether oxygens (including phenoxy) is 1. The minimum atomic E-state index is -0.0334. The number of amides is 1. The van der Waals surface area contributed by atoms with Crippen molar-refractivity contribution >= 4 is 21.8 Å². The SMILES string of the molecule is COc1ccc(C(=O)NCC2CCCNC2)cc1Br. The average Bonchev–Trinajstić information content (AvgIpc) is 2.45. The van der Waals surface area contributed by atoms with Crippen LogP contribution in [0.4, 0.5) is 0 Å². The third kappa shape index (κ3) is 3.94. The van der Waals surface area contributed by atoms with Gasteiger partial charge in [-0.3, -0.25) is 4.79 Å². The Morgan fingerprint density at radius 2 is 2.42 bits per heavy atom. The highest BCUT2D eigenvalue weighted by Crippen LogP contribution is 2.25. The summed E-state index contributed by atoms with van der Waals surface area (Å²) in [5.41, 5.74) is 0.649. The van der Waals surface area contributed by atoms with Crippen molar-refractivity contribution in [2.75, 3.05) is 26.7 Å². The highest BCUT2D eigenvalue weighted by Gasteiger charge is 2.15. The summed E-state index contributed by atoms with van der Waals surface area (Å²) < 4.78 is 5.94. The van der Waals surface area contributed by atoms with E-state index >= 15 is 0 Å². The number of methoxy groups -OCH3 is 1. The number of carbonyl (C=O) groups excluding carboxylic acids is 1. The summed E-state index contributed by atoms with van der Waals surface area (Å²) in [6, 6.07) is 5.35. The van der Waals surface area contributed by atoms with Gasteiger partial charge in [0.2, 0.25) is 0 Å². The standard InChI is InChI=1S/C14H19BrN2O2/c1-19-13-5-4-11(7-12(13)15)14(18)17-9-10-3-2-6-16-8-10/h4-5,7,10,16H,2-3,6,8-9H2,1H3,(H,17,18). The first-order valence-corrected chi connectivity index (χ1v) is 7.32. The van der Waals surface area contributed by atoms with Crippen molar-refractivity contribution in [1.29, 1.82) is 0 Å². The van der Waals surface area contributed by atoms with Gasteiger partial charge in [-0.2, -0.15) is 0 Å². The van der Waals surface area contributed by atoms with Gasteiger partial charge in [0.15, 0.2) is 0 Å². The Kier molecular flexibility index (Phi) is 5.22. The van der Waals surface area contributed by atoms with Gasteiger partial charge in [0.1, 0.15) is 5.75 Å². The topological polar surface area (TPSA) is 50.4 Å². The lowest BCUT2D eigenvalue weighted by molar-refractivity contribution is 0.0944. The molecule has 2 N–H and O–H groups in total. The summed E-state index contributed by atoms with van der Waals surface area (Å²) in [5, 5.41) is 6.34. The van der Waals surface area contributed by atoms with Crippen LogP contribution in [0.3, 0.4) is 0 Å². The Labute approximate surface area is 122 Å². The molecule has 1 aromatic rings. The zero-order chi connectivity index (χ0) is 13.7. The second-order valence-corrected chi connectivity index (χ2v) is 5.63. The van der Waals surface area contributed by atoms with Crippen molar-refractivity contribution in [2.24, 2.45) is 5.92 Å². The fourth-order valence-electron chi connectivity index (χ4n) is 2.24. The van der Waals surface area contributed by atoms with Gasteiger partial charge >= 0.3 is 0 Å². The largest absolute Gasteiger partial charge is 0.496 e. The van der Waals surface area contributed by atoms with Crippen LogP contribution in [0.25, 0.3) is 0 Å². The summed E-state index contributed by atoms with van der Waals surface area (Å²) in [4.78, 5) is 12.0. The molecule has 1 amide bonds. The van der Waals surface area contributed by atoms with Crippen LogP contribution in [0.5, 0.6) is 5.75 Å². The van der Waals surface area contributed by atoms with Crippen molar-refractivity contribution in [3.8, 4) is 5.75 Å². The average molecular weight is 327 g/mol. The van der Waals surface area contributed by atoms with Crippen LogP contribution in [0.2, 0.25) is 0 Å². The molecule has 1 unspecified atom stereocenters. The smallest absolute Gasteiger partial charge is 0.251 e. The first-order chi connectivity index (χ1) is 9.20. The second kappa shape index (κ2) is 6.91. The third-order valence-electron chi connectivity index (χ3n) is 3.36. The Morgan fingerprint density at radius 3 is 3.05 bits per heavy atom. The molecule has 1 saturated heterocycles. The van der Waals surface area contributed by atoms with Gasteiger partial charge in [0, 0.05) is 12.1 Å². The number of nitrogens with one attached hydrogen (secondary N) is 2. The number of hydrogen-bond acceptors (Lipinski definition) is 3. The van der Waals surface area contributed by atoms with Crippen LogP contribution in [0.15, 0.2) is 22.7 Å². The number of piperidine rings is 1. The van der Waals surface area contributed by atoms with E-state index in [1.807, 2.05) is 0 Å². The highest BCUT2D eigenvalue weighted by atomic mass is 79.9. The number of hydrogen-bond donors (Lipinski definition) is 2. The lowest BCUT2D eigenvalue weighted by Crippen LogP contribution is -2.38. The predicted molar refractivity (Wildman–Crippen MR) is 78.6 cm³/mol. The first kappa shape index (κ1) is 14.3. The van der Waals surface area contributed by atoms with Gasteiger partial charge in [-0.1, -0.05) is 0 Å². The van der Waals surface area contributed by atoms with Crippen molar-refractivity contribution in [3.05, 3.63) is 28.2 Å². The molecule has 1 aromatic carbocycles. The summed E-state index contributed by atoms with van der Waals surface area (Å²) >= 11 is 3.39. The van der Waals surface area contributed by atoms with Crippen molar-refractivity contribution in [3.63, 3.8) is 0 Å². The first-order valence-electron chi connectivity index (χ1n) is 6.53. The molecule has 0 radical (unpaired) electrons. The van der Waals surface area contributed by atoms with Crippen molar-refractivity contribution in [2.45, 2.75) is 12.8 Å². The minimum Gasteiger partial charge on any atom is -0.496 e. The second-order valence-electron chi connectivity index (χ2n) is 4.77. The molecule has 0 saturated carbocycles. The van der Waals surface area contributed by atoms with Crippen LogP contribution >= 0.6 is 15.9 Å². The molecule has 1 heterocycles.